The van der Waals surface area contributed by atoms with Crippen LogP contribution in [-0.4, -0.2) is 35.1 Å². The van der Waals surface area contributed by atoms with Crippen molar-refractivity contribution in [3.05, 3.63) is 18.0 Å². The Balaban J connectivity index is 2.02. The Morgan fingerprint density at radius 3 is 2.90 bits per heavy atom. The number of ether oxygens (including phenoxy) is 1. The molecule has 120 valence electrons. The Labute approximate surface area is 129 Å². The molecule has 1 aromatic rings. The fraction of sp³-hybridized carbons (Fsp3) is 0.824. The molecular formula is C17H31N3O. The molecule has 0 aromatic carbocycles. The fourth-order valence-corrected chi connectivity index (χ4v) is 3.13. The average Bonchev–Trinajstić information content (AvgIpc) is 3.11. The smallest absolute Gasteiger partial charge is 0.0640 e. The first-order valence-electron chi connectivity index (χ1n) is 8.54. The van der Waals surface area contributed by atoms with Gasteiger partial charge >= 0.3 is 0 Å². The molecule has 1 aromatic heterocycles. The lowest BCUT2D eigenvalue weighted by molar-refractivity contribution is 0.0952. The average molecular weight is 293 g/mol. The van der Waals surface area contributed by atoms with E-state index in [1.807, 2.05) is 0 Å². The molecule has 1 saturated heterocycles. The minimum absolute atomic E-state index is 0.357. The zero-order chi connectivity index (χ0) is 15.2. The summed E-state index contributed by atoms with van der Waals surface area (Å²) >= 11 is 0. The summed E-state index contributed by atoms with van der Waals surface area (Å²) in [4.78, 5) is 0. The highest BCUT2D eigenvalue weighted by molar-refractivity contribution is 5.04. The van der Waals surface area contributed by atoms with E-state index in [1.165, 1.54) is 12.1 Å². The maximum atomic E-state index is 5.76. The summed E-state index contributed by atoms with van der Waals surface area (Å²) in [7, 11) is 0. The topological polar surface area (TPSA) is 39.1 Å². The zero-order valence-corrected chi connectivity index (χ0v) is 14.0. The van der Waals surface area contributed by atoms with E-state index in [1.54, 1.807) is 0 Å². The molecule has 1 aliphatic heterocycles. The number of hydrogen-bond acceptors (Lipinski definition) is 3. The number of nitrogens with one attached hydrogen (secondary N) is 1. The van der Waals surface area contributed by atoms with Crippen molar-refractivity contribution < 1.29 is 4.74 Å². The summed E-state index contributed by atoms with van der Waals surface area (Å²) in [5, 5.41) is 8.47. The van der Waals surface area contributed by atoms with Crippen LogP contribution in [0, 0.1) is 5.92 Å². The van der Waals surface area contributed by atoms with Crippen LogP contribution in [0.15, 0.2) is 12.3 Å². The Morgan fingerprint density at radius 2 is 2.29 bits per heavy atom. The summed E-state index contributed by atoms with van der Waals surface area (Å²) in [6.45, 7) is 10.8. The maximum Gasteiger partial charge on any atom is 0.0640 e. The normalized spacial score (nSPS) is 25.1. The highest BCUT2D eigenvalue weighted by Crippen LogP contribution is 2.26. The van der Waals surface area contributed by atoms with Crippen molar-refractivity contribution in [2.24, 2.45) is 5.92 Å². The number of hydrogen-bond donors (Lipinski definition) is 1. The Morgan fingerprint density at radius 1 is 1.48 bits per heavy atom. The van der Waals surface area contributed by atoms with E-state index in [4.69, 9.17) is 9.84 Å². The summed E-state index contributed by atoms with van der Waals surface area (Å²) in [5.41, 5.74) is 1.20. The molecule has 4 nitrogen and oxygen atoms in total. The van der Waals surface area contributed by atoms with Crippen LogP contribution < -0.4 is 5.32 Å². The lowest BCUT2D eigenvalue weighted by Crippen LogP contribution is -2.41. The molecular weight excluding hydrogens is 262 g/mol. The van der Waals surface area contributed by atoms with Gasteiger partial charge in [0, 0.05) is 37.2 Å². The van der Waals surface area contributed by atoms with Crippen molar-refractivity contribution in [2.75, 3.05) is 13.2 Å². The summed E-state index contributed by atoms with van der Waals surface area (Å²) < 4.78 is 7.86. The lowest BCUT2D eigenvalue weighted by atomic mass is 9.90. The van der Waals surface area contributed by atoms with Crippen LogP contribution in [0.5, 0.6) is 0 Å². The lowest BCUT2D eigenvalue weighted by Gasteiger charge is -2.26. The molecule has 1 N–H and O–H groups in total. The molecule has 0 aliphatic carbocycles. The minimum atomic E-state index is 0.357. The highest BCUT2D eigenvalue weighted by Gasteiger charge is 2.31. The van der Waals surface area contributed by atoms with Crippen molar-refractivity contribution in [1.29, 1.82) is 0 Å². The van der Waals surface area contributed by atoms with Gasteiger partial charge in [0.15, 0.2) is 0 Å². The van der Waals surface area contributed by atoms with Crippen LogP contribution in [0.25, 0.3) is 0 Å². The summed E-state index contributed by atoms with van der Waals surface area (Å²) in [6, 6.07) is 3.13. The first-order chi connectivity index (χ1) is 10.2. The second-order valence-electron chi connectivity index (χ2n) is 6.34. The quantitative estimate of drug-likeness (QED) is 0.800. The molecule has 0 radical (unpaired) electrons. The standard InChI is InChI=1S/C17H31N3O/c1-5-9-18-17(16-8-11-21-14(16)4)12-15-7-10-20(19-15)13(3)6-2/h7,10,13-14,16-18H,5-6,8-9,11-12H2,1-4H3. The zero-order valence-electron chi connectivity index (χ0n) is 14.0. The van der Waals surface area contributed by atoms with Gasteiger partial charge in [0.25, 0.3) is 0 Å². The largest absolute Gasteiger partial charge is 0.378 e. The van der Waals surface area contributed by atoms with Gasteiger partial charge in [-0.05, 0) is 45.7 Å². The molecule has 0 spiro atoms. The Kier molecular flexibility index (Phi) is 6.24. The summed E-state index contributed by atoms with van der Waals surface area (Å²) in [6.07, 6.45) is 6.92. The third-order valence-electron chi connectivity index (χ3n) is 4.74. The van der Waals surface area contributed by atoms with Crippen molar-refractivity contribution in [1.82, 2.24) is 15.1 Å². The first kappa shape index (κ1) is 16.5. The van der Waals surface area contributed by atoms with Crippen LogP contribution in [0.3, 0.4) is 0 Å². The highest BCUT2D eigenvalue weighted by atomic mass is 16.5. The number of aromatic nitrogens is 2. The van der Waals surface area contributed by atoms with Crippen molar-refractivity contribution in [2.45, 2.75) is 71.6 Å². The molecule has 4 heteroatoms. The first-order valence-corrected chi connectivity index (χ1v) is 8.54. The molecule has 4 unspecified atom stereocenters. The molecule has 2 heterocycles. The second-order valence-corrected chi connectivity index (χ2v) is 6.34. The SMILES string of the molecule is CCCNC(Cc1ccn(C(C)CC)n1)C1CCOC1C. The Bertz CT molecular complexity index is 418. The van der Waals surface area contributed by atoms with Gasteiger partial charge < -0.3 is 10.1 Å². The third kappa shape index (κ3) is 4.30. The monoisotopic (exact) mass is 293 g/mol. The molecule has 1 fully saturated rings. The second kappa shape index (κ2) is 7.95. The van der Waals surface area contributed by atoms with Gasteiger partial charge in [-0.1, -0.05) is 13.8 Å². The van der Waals surface area contributed by atoms with Gasteiger partial charge in [-0.15, -0.1) is 0 Å². The third-order valence-corrected chi connectivity index (χ3v) is 4.74. The molecule has 0 amide bonds. The maximum absolute atomic E-state index is 5.76. The van der Waals surface area contributed by atoms with E-state index in [0.717, 1.165) is 32.4 Å². The van der Waals surface area contributed by atoms with Crippen molar-refractivity contribution >= 4 is 0 Å². The predicted molar refractivity (Wildman–Crippen MR) is 86.5 cm³/mol. The molecule has 4 atom stereocenters. The summed E-state index contributed by atoms with van der Waals surface area (Å²) in [5.74, 6) is 0.602. The van der Waals surface area contributed by atoms with Gasteiger partial charge in [0.2, 0.25) is 0 Å². The van der Waals surface area contributed by atoms with E-state index in [2.05, 4.69) is 50.0 Å². The van der Waals surface area contributed by atoms with Crippen molar-refractivity contribution in [3.8, 4) is 0 Å². The van der Waals surface area contributed by atoms with E-state index >= 15 is 0 Å². The van der Waals surface area contributed by atoms with E-state index in [9.17, 15) is 0 Å². The van der Waals surface area contributed by atoms with Crippen LogP contribution in [0.2, 0.25) is 0 Å². The van der Waals surface area contributed by atoms with Gasteiger partial charge in [-0.3, -0.25) is 4.68 Å². The molecule has 1 aliphatic rings. The van der Waals surface area contributed by atoms with E-state index in [-0.39, 0.29) is 0 Å². The van der Waals surface area contributed by atoms with Crippen LogP contribution in [0.4, 0.5) is 0 Å². The molecule has 21 heavy (non-hydrogen) atoms. The van der Waals surface area contributed by atoms with Gasteiger partial charge in [0.05, 0.1) is 11.8 Å². The predicted octanol–water partition coefficient (Wildman–Crippen LogP) is 3.19. The molecule has 2 rings (SSSR count). The number of nitrogens with zero attached hydrogens (tertiary/aromatic N) is 2. The van der Waals surface area contributed by atoms with E-state index < -0.39 is 0 Å². The van der Waals surface area contributed by atoms with Gasteiger partial charge in [0.1, 0.15) is 0 Å². The van der Waals surface area contributed by atoms with E-state index in [0.29, 0.717) is 24.1 Å². The minimum Gasteiger partial charge on any atom is -0.378 e. The fourth-order valence-electron chi connectivity index (χ4n) is 3.13. The molecule has 0 bridgehead atoms. The molecule has 0 saturated carbocycles. The Hall–Kier alpha value is -0.870. The van der Waals surface area contributed by atoms with Crippen LogP contribution >= 0.6 is 0 Å². The van der Waals surface area contributed by atoms with Gasteiger partial charge in [-0.2, -0.15) is 5.10 Å². The number of rotatable bonds is 8. The van der Waals surface area contributed by atoms with Crippen molar-refractivity contribution in [3.63, 3.8) is 0 Å². The van der Waals surface area contributed by atoms with Gasteiger partial charge in [-0.25, -0.2) is 0 Å². The van der Waals surface area contributed by atoms with Crippen LogP contribution in [0.1, 0.15) is 58.7 Å². The van der Waals surface area contributed by atoms with Crippen LogP contribution in [-0.2, 0) is 11.2 Å².